The molecule has 7 nitrogen and oxygen atoms in total. The molecule has 0 aliphatic carbocycles. The number of anilines is 1. The minimum atomic E-state index is 0.361. The lowest BCUT2D eigenvalue weighted by atomic mass is 10.2. The van der Waals surface area contributed by atoms with Crippen molar-refractivity contribution in [2.75, 3.05) is 31.1 Å². The second-order valence-corrected chi connectivity index (χ2v) is 7.85. The summed E-state index contributed by atoms with van der Waals surface area (Å²) in [7, 11) is 0. The molecule has 1 aliphatic heterocycles. The molecule has 0 bridgehead atoms. The maximum atomic E-state index is 4.84. The van der Waals surface area contributed by atoms with Gasteiger partial charge < -0.3 is 4.90 Å². The first-order chi connectivity index (χ1) is 13.8. The molecule has 4 aromatic rings. The molecule has 3 aromatic heterocycles. The zero-order valence-corrected chi connectivity index (χ0v) is 16.5. The molecule has 1 atom stereocenters. The van der Waals surface area contributed by atoms with Gasteiger partial charge in [0.05, 0.1) is 6.04 Å². The predicted molar refractivity (Wildman–Crippen MR) is 111 cm³/mol. The molecule has 28 heavy (non-hydrogen) atoms. The molecular weight excluding hydrogens is 370 g/mol. The standard InChI is InChI=1S/C20H21N7S/c1-15(20-21-9-14-28-20)25-10-12-26(13-11-25)18-8-7-17-22-23-19(27(17)24-18)16-5-3-2-4-6-16/h2-9,14-15H,10-13H2,1H3. The van der Waals surface area contributed by atoms with Gasteiger partial charge in [-0.15, -0.1) is 26.6 Å². The van der Waals surface area contributed by atoms with Crippen LogP contribution in [0.1, 0.15) is 18.0 Å². The summed E-state index contributed by atoms with van der Waals surface area (Å²) >= 11 is 1.73. The lowest BCUT2D eigenvalue weighted by Gasteiger charge is -2.37. The number of fused-ring (bicyclic) bond motifs is 1. The van der Waals surface area contributed by atoms with Gasteiger partial charge in [-0.1, -0.05) is 30.3 Å². The highest BCUT2D eigenvalue weighted by Crippen LogP contribution is 2.25. The highest BCUT2D eigenvalue weighted by atomic mass is 32.1. The Bertz CT molecular complexity index is 1050. The van der Waals surface area contributed by atoms with E-state index in [0.29, 0.717) is 6.04 Å². The molecule has 0 amide bonds. The first kappa shape index (κ1) is 17.3. The van der Waals surface area contributed by atoms with E-state index in [-0.39, 0.29) is 0 Å². The van der Waals surface area contributed by atoms with Gasteiger partial charge in [-0.3, -0.25) is 4.90 Å². The fraction of sp³-hybridized carbons (Fsp3) is 0.300. The molecule has 142 valence electrons. The second-order valence-electron chi connectivity index (χ2n) is 6.92. The predicted octanol–water partition coefficient (Wildman–Crippen LogP) is 3.13. The van der Waals surface area contributed by atoms with E-state index >= 15 is 0 Å². The molecule has 4 heterocycles. The molecule has 0 spiro atoms. The van der Waals surface area contributed by atoms with Crippen molar-refractivity contribution < 1.29 is 0 Å². The molecular formula is C20H21N7S. The summed E-state index contributed by atoms with van der Waals surface area (Å²) in [5, 5.41) is 16.7. The van der Waals surface area contributed by atoms with E-state index in [1.54, 1.807) is 11.3 Å². The number of piperazine rings is 1. The van der Waals surface area contributed by atoms with E-state index in [0.717, 1.165) is 49.0 Å². The summed E-state index contributed by atoms with van der Waals surface area (Å²) in [4.78, 5) is 9.29. The van der Waals surface area contributed by atoms with Gasteiger partial charge in [-0.25, -0.2) is 4.98 Å². The Balaban J connectivity index is 1.36. The van der Waals surface area contributed by atoms with Gasteiger partial charge in [0.25, 0.3) is 0 Å². The van der Waals surface area contributed by atoms with Gasteiger partial charge in [0.15, 0.2) is 11.5 Å². The maximum absolute atomic E-state index is 4.84. The van der Waals surface area contributed by atoms with Crippen molar-refractivity contribution >= 4 is 22.8 Å². The third-order valence-electron chi connectivity index (χ3n) is 5.28. The van der Waals surface area contributed by atoms with Crippen LogP contribution in [0.3, 0.4) is 0 Å². The number of aromatic nitrogens is 5. The van der Waals surface area contributed by atoms with E-state index in [2.05, 4.69) is 31.9 Å². The molecule has 0 radical (unpaired) electrons. The van der Waals surface area contributed by atoms with Gasteiger partial charge in [0.1, 0.15) is 10.8 Å². The van der Waals surface area contributed by atoms with Gasteiger partial charge in [-0.05, 0) is 19.1 Å². The van der Waals surface area contributed by atoms with Gasteiger partial charge >= 0.3 is 0 Å². The van der Waals surface area contributed by atoms with Crippen molar-refractivity contribution in [3.05, 3.63) is 59.0 Å². The zero-order valence-electron chi connectivity index (χ0n) is 15.6. The number of benzene rings is 1. The monoisotopic (exact) mass is 391 g/mol. The van der Waals surface area contributed by atoms with Crippen LogP contribution in [0.2, 0.25) is 0 Å². The van der Waals surface area contributed by atoms with Crippen molar-refractivity contribution in [1.29, 1.82) is 0 Å². The SMILES string of the molecule is CC(c1nccs1)N1CCN(c2ccc3nnc(-c4ccccc4)n3n2)CC1. The van der Waals surface area contributed by atoms with Crippen LogP contribution in [0.5, 0.6) is 0 Å². The minimum absolute atomic E-state index is 0.361. The quantitative estimate of drug-likeness (QED) is 0.533. The molecule has 1 fully saturated rings. The number of nitrogens with zero attached hydrogens (tertiary/aromatic N) is 7. The van der Waals surface area contributed by atoms with Crippen LogP contribution in [-0.4, -0.2) is 55.9 Å². The van der Waals surface area contributed by atoms with Crippen LogP contribution in [0.25, 0.3) is 17.0 Å². The van der Waals surface area contributed by atoms with E-state index in [9.17, 15) is 0 Å². The average Bonchev–Trinajstić information content (AvgIpc) is 3.44. The second kappa shape index (κ2) is 7.29. The molecule has 1 unspecified atom stereocenters. The Hall–Kier alpha value is -2.84. The Morgan fingerprint density at radius 3 is 2.54 bits per heavy atom. The molecule has 0 N–H and O–H groups in total. The van der Waals surface area contributed by atoms with Crippen LogP contribution in [0.4, 0.5) is 5.82 Å². The summed E-state index contributed by atoms with van der Waals surface area (Å²) in [6.45, 7) is 6.11. The Labute approximate surface area is 167 Å². The molecule has 1 aromatic carbocycles. The van der Waals surface area contributed by atoms with Crippen molar-refractivity contribution in [2.24, 2.45) is 0 Å². The van der Waals surface area contributed by atoms with E-state index in [1.807, 2.05) is 58.6 Å². The molecule has 1 aliphatic rings. The Kier molecular flexibility index (Phi) is 4.50. The van der Waals surface area contributed by atoms with Gasteiger partial charge in [0.2, 0.25) is 0 Å². The molecule has 1 saturated heterocycles. The smallest absolute Gasteiger partial charge is 0.185 e. The number of hydrogen-bond donors (Lipinski definition) is 0. The lowest BCUT2D eigenvalue weighted by molar-refractivity contribution is 0.198. The topological polar surface area (TPSA) is 62.5 Å². The lowest BCUT2D eigenvalue weighted by Crippen LogP contribution is -2.47. The van der Waals surface area contributed by atoms with Crippen LogP contribution in [0, 0.1) is 0 Å². The number of rotatable bonds is 4. The number of thiazole rings is 1. The third-order valence-corrected chi connectivity index (χ3v) is 6.22. The fourth-order valence-corrected chi connectivity index (χ4v) is 4.38. The average molecular weight is 392 g/mol. The molecule has 0 saturated carbocycles. The van der Waals surface area contributed by atoms with E-state index < -0.39 is 0 Å². The largest absolute Gasteiger partial charge is 0.353 e. The summed E-state index contributed by atoms with van der Waals surface area (Å²) in [5.74, 6) is 1.74. The maximum Gasteiger partial charge on any atom is 0.185 e. The van der Waals surface area contributed by atoms with Crippen molar-refractivity contribution in [2.45, 2.75) is 13.0 Å². The highest BCUT2D eigenvalue weighted by molar-refractivity contribution is 7.09. The molecule has 8 heteroatoms. The van der Waals surface area contributed by atoms with Crippen LogP contribution in [0.15, 0.2) is 54.0 Å². The summed E-state index contributed by atoms with van der Waals surface area (Å²) < 4.78 is 1.84. The van der Waals surface area contributed by atoms with Crippen LogP contribution in [-0.2, 0) is 0 Å². The van der Waals surface area contributed by atoms with Crippen LogP contribution >= 0.6 is 11.3 Å². The van der Waals surface area contributed by atoms with E-state index in [4.69, 9.17) is 5.10 Å². The van der Waals surface area contributed by atoms with Crippen molar-refractivity contribution in [1.82, 2.24) is 29.7 Å². The third kappa shape index (κ3) is 3.14. The normalized spacial score (nSPS) is 16.5. The van der Waals surface area contributed by atoms with E-state index in [1.165, 1.54) is 5.01 Å². The summed E-state index contributed by atoms with van der Waals surface area (Å²) in [6, 6.07) is 14.5. The first-order valence-electron chi connectivity index (χ1n) is 9.46. The van der Waals surface area contributed by atoms with Crippen molar-refractivity contribution in [3.8, 4) is 11.4 Å². The van der Waals surface area contributed by atoms with Crippen LogP contribution < -0.4 is 4.90 Å². The first-order valence-corrected chi connectivity index (χ1v) is 10.3. The van der Waals surface area contributed by atoms with Gasteiger partial charge in [0, 0.05) is 43.3 Å². The minimum Gasteiger partial charge on any atom is -0.353 e. The summed E-state index contributed by atoms with van der Waals surface area (Å²) in [5.41, 5.74) is 1.78. The number of hydrogen-bond acceptors (Lipinski definition) is 7. The Morgan fingerprint density at radius 2 is 1.79 bits per heavy atom. The molecule has 5 rings (SSSR count). The highest BCUT2D eigenvalue weighted by Gasteiger charge is 2.24. The van der Waals surface area contributed by atoms with Gasteiger partial charge in [-0.2, -0.15) is 4.52 Å². The fourth-order valence-electron chi connectivity index (χ4n) is 3.65. The summed E-state index contributed by atoms with van der Waals surface area (Å²) in [6.07, 6.45) is 1.88. The Morgan fingerprint density at radius 1 is 0.964 bits per heavy atom. The van der Waals surface area contributed by atoms with Crippen molar-refractivity contribution in [3.63, 3.8) is 0 Å². The zero-order chi connectivity index (χ0) is 18.9.